The van der Waals surface area contributed by atoms with Crippen LogP contribution in [-0.4, -0.2) is 60.1 Å². The Morgan fingerprint density at radius 3 is 2.41 bits per heavy atom. The van der Waals surface area contributed by atoms with Gasteiger partial charge in [-0.3, -0.25) is 4.79 Å². The first-order valence-corrected chi connectivity index (χ1v) is 8.16. The average Bonchev–Trinajstić information content (AvgIpc) is 2.67. The van der Waals surface area contributed by atoms with Gasteiger partial charge in [0.25, 0.3) is 5.91 Å². The molecule has 0 aromatic carbocycles. The predicted octanol–water partition coefficient (Wildman–Crippen LogP) is 1.33. The van der Waals surface area contributed by atoms with Crippen LogP contribution in [0.3, 0.4) is 0 Å². The Kier molecular flexibility index (Phi) is 4.49. The van der Waals surface area contributed by atoms with Crippen molar-refractivity contribution in [2.24, 2.45) is 5.92 Å². The van der Waals surface area contributed by atoms with Gasteiger partial charge in [0.1, 0.15) is 0 Å². The summed E-state index contributed by atoms with van der Waals surface area (Å²) in [6, 6.07) is 0.280. The first-order chi connectivity index (χ1) is 10.6. The molecule has 122 valence electrons. The van der Waals surface area contributed by atoms with Gasteiger partial charge >= 0.3 is 12.1 Å². The first kappa shape index (κ1) is 15.1. The van der Waals surface area contributed by atoms with Crippen molar-refractivity contribution in [1.29, 1.82) is 0 Å². The highest BCUT2D eigenvalue weighted by molar-refractivity contribution is 5.97. The van der Waals surface area contributed by atoms with Crippen LogP contribution in [0.15, 0.2) is 0 Å². The van der Waals surface area contributed by atoms with Crippen LogP contribution < -0.4 is 5.32 Å². The minimum absolute atomic E-state index is 0.0153. The maximum atomic E-state index is 12.2. The van der Waals surface area contributed by atoms with Crippen LogP contribution in [0.2, 0.25) is 0 Å². The summed E-state index contributed by atoms with van der Waals surface area (Å²) in [5, 5.41) is 3.11. The molecule has 7 nitrogen and oxygen atoms in total. The molecule has 0 radical (unpaired) electrons. The van der Waals surface area contributed by atoms with E-state index in [1.165, 1.54) is 25.7 Å². The second-order valence-electron chi connectivity index (χ2n) is 6.47. The van der Waals surface area contributed by atoms with Crippen molar-refractivity contribution in [1.82, 2.24) is 15.1 Å². The first-order valence-electron chi connectivity index (χ1n) is 8.16. The molecule has 2 heterocycles. The molecule has 0 atom stereocenters. The fraction of sp³-hybridized carbons (Fsp3) is 0.800. The van der Waals surface area contributed by atoms with Crippen LogP contribution in [-0.2, 0) is 9.53 Å². The number of hydrogen-bond donors (Lipinski definition) is 1. The molecule has 0 aromatic rings. The van der Waals surface area contributed by atoms with Crippen molar-refractivity contribution in [2.75, 3.05) is 26.2 Å². The monoisotopic (exact) mass is 309 g/mol. The maximum Gasteiger partial charge on any atom is 0.417 e. The summed E-state index contributed by atoms with van der Waals surface area (Å²) in [4.78, 5) is 37.9. The number of cyclic esters (lactones) is 1. The van der Waals surface area contributed by atoms with Gasteiger partial charge in [0.05, 0.1) is 0 Å². The molecule has 0 aromatic heterocycles. The lowest BCUT2D eigenvalue weighted by Gasteiger charge is -2.40. The van der Waals surface area contributed by atoms with Gasteiger partial charge in [0, 0.05) is 31.6 Å². The van der Waals surface area contributed by atoms with Crippen LogP contribution in [0.5, 0.6) is 0 Å². The van der Waals surface area contributed by atoms with E-state index >= 15 is 0 Å². The highest BCUT2D eigenvalue weighted by Gasteiger charge is 2.38. The molecule has 2 aliphatic heterocycles. The molecule has 1 aliphatic carbocycles. The largest absolute Gasteiger partial charge is 0.439 e. The number of rotatable bonds is 3. The van der Waals surface area contributed by atoms with Crippen LogP contribution in [0.4, 0.5) is 9.59 Å². The Morgan fingerprint density at radius 2 is 1.82 bits per heavy atom. The molecule has 0 spiro atoms. The summed E-state index contributed by atoms with van der Waals surface area (Å²) in [7, 11) is 0. The summed E-state index contributed by atoms with van der Waals surface area (Å²) in [5.74, 6) is -0.124. The molecule has 0 bridgehead atoms. The van der Waals surface area contributed by atoms with E-state index in [0.717, 1.165) is 17.7 Å². The van der Waals surface area contributed by atoms with Crippen LogP contribution >= 0.6 is 0 Å². The Hall–Kier alpha value is -1.79. The summed E-state index contributed by atoms with van der Waals surface area (Å²) in [5.41, 5.74) is 0. The minimum Gasteiger partial charge on any atom is -0.439 e. The fourth-order valence-electron chi connectivity index (χ4n) is 3.36. The number of ether oxygens (including phenoxy) is 1. The van der Waals surface area contributed by atoms with Crippen molar-refractivity contribution in [3.63, 3.8) is 0 Å². The zero-order chi connectivity index (χ0) is 15.5. The van der Waals surface area contributed by atoms with Gasteiger partial charge in [-0.25, -0.2) is 14.5 Å². The molecule has 2 saturated heterocycles. The van der Waals surface area contributed by atoms with Gasteiger partial charge in [-0.15, -0.1) is 0 Å². The number of urea groups is 1. The molecule has 3 rings (SSSR count). The third-order valence-electron chi connectivity index (χ3n) is 4.71. The lowest BCUT2D eigenvalue weighted by Crippen LogP contribution is -2.58. The molecule has 3 fully saturated rings. The van der Waals surface area contributed by atoms with Crippen LogP contribution in [0.25, 0.3) is 0 Å². The molecule has 7 heteroatoms. The standard InChI is InChI=1S/C15H23N3O4/c19-13-10-22-15(21)18(13)9-11-7-17(8-11)14(20)16-12-5-3-1-2-4-6-12/h11-12H,1-10H2,(H,16,20). The van der Waals surface area contributed by atoms with Gasteiger partial charge in [0.2, 0.25) is 0 Å². The summed E-state index contributed by atoms with van der Waals surface area (Å²) >= 11 is 0. The summed E-state index contributed by atoms with van der Waals surface area (Å²) < 4.78 is 4.68. The second-order valence-corrected chi connectivity index (χ2v) is 6.47. The molecule has 0 unspecified atom stereocenters. The fourth-order valence-corrected chi connectivity index (χ4v) is 3.36. The van der Waals surface area contributed by atoms with Crippen molar-refractivity contribution in [2.45, 2.75) is 44.6 Å². The third-order valence-corrected chi connectivity index (χ3v) is 4.71. The van der Waals surface area contributed by atoms with Crippen LogP contribution in [0.1, 0.15) is 38.5 Å². The summed E-state index contributed by atoms with van der Waals surface area (Å²) in [6.45, 7) is 1.38. The van der Waals surface area contributed by atoms with Crippen molar-refractivity contribution >= 4 is 18.0 Å². The molecule has 4 amide bonds. The van der Waals surface area contributed by atoms with E-state index in [-0.39, 0.29) is 24.5 Å². The molecule has 1 N–H and O–H groups in total. The highest BCUT2D eigenvalue weighted by Crippen LogP contribution is 2.21. The Bertz CT molecular complexity index is 438. The molecular formula is C15H23N3O4. The predicted molar refractivity (Wildman–Crippen MR) is 78.1 cm³/mol. The Morgan fingerprint density at radius 1 is 1.14 bits per heavy atom. The van der Waals surface area contributed by atoms with Gasteiger partial charge < -0.3 is 15.0 Å². The van der Waals surface area contributed by atoms with Gasteiger partial charge in [-0.05, 0) is 12.8 Å². The van der Waals surface area contributed by atoms with Gasteiger partial charge in [-0.2, -0.15) is 0 Å². The van der Waals surface area contributed by atoms with E-state index in [1.807, 2.05) is 0 Å². The normalized spacial score (nSPS) is 24.0. The molecule has 3 aliphatic rings. The topological polar surface area (TPSA) is 79.0 Å². The molecular weight excluding hydrogens is 286 g/mol. The lowest BCUT2D eigenvalue weighted by atomic mass is 10.00. The van der Waals surface area contributed by atoms with Gasteiger partial charge in [-0.1, -0.05) is 25.7 Å². The number of nitrogens with zero attached hydrogens (tertiary/aromatic N) is 2. The molecule has 1 saturated carbocycles. The Balaban J connectivity index is 1.40. The number of carbonyl (C=O) groups excluding carboxylic acids is 3. The average molecular weight is 309 g/mol. The number of amides is 4. The van der Waals surface area contributed by atoms with E-state index in [1.54, 1.807) is 4.90 Å². The van der Waals surface area contributed by atoms with E-state index < -0.39 is 6.09 Å². The SMILES string of the molecule is O=C(NC1CCCCCC1)N1CC(CN2C(=O)COC2=O)C1. The highest BCUT2D eigenvalue weighted by atomic mass is 16.6. The molecule has 22 heavy (non-hydrogen) atoms. The minimum atomic E-state index is -0.564. The van der Waals surface area contributed by atoms with E-state index in [4.69, 9.17) is 0 Å². The van der Waals surface area contributed by atoms with E-state index in [2.05, 4.69) is 10.1 Å². The Labute approximate surface area is 129 Å². The zero-order valence-electron chi connectivity index (χ0n) is 12.8. The zero-order valence-corrected chi connectivity index (χ0v) is 12.8. The number of hydrogen-bond acceptors (Lipinski definition) is 4. The van der Waals surface area contributed by atoms with Gasteiger partial charge in [0.15, 0.2) is 6.61 Å². The van der Waals surface area contributed by atoms with E-state index in [9.17, 15) is 14.4 Å². The van der Waals surface area contributed by atoms with Crippen molar-refractivity contribution in [3.8, 4) is 0 Å². The number of likely N-dealkylation sites (tertiary alicyclic amines) is 1. The van der Waals surface area contributed by atoms with E-state index in [0.29, 0.717) is 25.7 Å². The van der Waals surface area contributed by atoms with Crippen LogP contribution in [0, 0.1) is 5.92 Å². The second kappa shape index (κ2) is 6.54. The maximum absolute atomic E-state index is 12.2. The number of carbonyl (C=O) groups is 3. The number of nitrogens with one attached hydrogen (secondary N) is 1. The summed E-state index contributed by atoms with van der Waals surface area (Å²) in [6.07, 6.45) is 6.47. The smallest absolute Gasteiger partial charge is 0.417 e. The lowest BCUT2D eigenvalue weighted by molar-refractivity contribution is -0.126. The number of imide groups is 1. The quantitative estimate of drug-likeness (QED) is 0.798. The van der Waals surface area contributed by atoms with Crippen molar-refractivity contribution < 1.29 is 19.1 Å². The third kappa shape index (κ3) is 3.34. The van der Waals surface area contributed by atoms with Crippen molar-refractivity contribution in [3.05, 3.63) is 0 Å².